The molecule has 1 aromatic heterocycles. The Labute approximate surface area is 159 Å². The van der Waals surface area contributed by atoms with Crippen LogP contribution in [0.25, 0.3) is 10.9 Å². The number of rotatable bonds is 6. The molecule has 0 saturated carbocycles. The van der Waals surface area contributed by atoms with E-state index in [0.717, 1.165) is 17.2 Å². The molecule has 0 unspecified atom stereocenters. The van der Waals surface area contributed by atoms with Gasteiger partial charge in [0.25, 0.3) is 5.91 Å². The van der Waals surface area contributed by atoms with Crippen LogP contribution < -0.4 is 11.1 Å². The number of hydrogen-bond donors (Lipinski definition) is 4. The van der Waals surface area contributed by atoms with Gasteiger partial charge in [0, 0.05) is 30.2 Å². The van der Waals surface area contributed by atoms with Gasteiger partial charge in [-0.25, -0.2) is 9.18 Å². The van der Waals surface area contributed by atoms with Crippen molar-refractivity contribution in [3.05, 3.63) is 70.7 Å². The Balaban J connectivity index is 2.11. The summed E-state index contributed by atoms with van der Waals surface area (Å²) in [6, 6.07) is 8.75. The van der Waals surface area contributed by atoms with Crippen LogP contribution in [-0.2, 0) is 6.42 Å². The summed E-state index contributed by atoms with van der Waals surface area (Å²) in [6.07, 6.45) is 1.91. The molecule has 0 aliphatic heterocycles. The molecular formula is C20H18FN3O4. The van der Waals surface area contributed by atoms with Gasteiger partial charge >= 0.3 is 5.97 Å². The number of nitrogens with two attached hydrogens (primary N) is 1. The van der Waals surface area contributed by atoms with Gasteiger partial charge in [0.2, 0.25) is 0 Å². The average Bonchev–Trinajstić information content (AvgIpc) is 2.68. The highest BCUT2D eigenvalue weighted by atomic mass is 19.1. The van der Waals surface area contributed by atoms with Gasteiger partial charge in [-0.05, 0) is 41.8 Å². The van der Waals surface area contributed by atoms with Gasteiger partial charge in [0.05, 0.1) is 0 Å². The molecule has 8 heteroatoms. The molecule has 0 spiro atoms. The first-order valence-corrected chi connectivity index (χ1v) is 8.51. The molecule has 0 bridgehead atoms. The number of nitrogens with one attached hydrogen (secondary N) is 1. The maximum atomic E-state index is 13.1. The van der Waals surface area contributed by atoms with Gasteiger partial charge < -0.3 is 21.3 Å². The molecule has 144 valence electrons. The van der Waals surface area contributed by atoms with Crippen molar-refractivity contribution in [3.8, 4) is 5.75 Å². The van der Waals surface area contributed by atoms with E-state index in [4.69, 9.17) is 5.73 Å². The minimum absolute atomic E-state index is 0.0145. The molecule has 0 atom stereocenters. The summed E-state index contributed by atoms with van der Waals surface area (Å²) in [4.78, 5) is 28.1. The minimum Gasteiger partial charge on any atom is -0.505 e. The minimum atomic E-state index is -1.37. The Hall–Kier alpha value is -3.52. The lowest BCUT2D eigenvalue weighted by atomic mass is 9.99. The fourth-order valence-electron chi connectivity index (χ4n) is 2.89. The average molecular weight is 383 g/mol. The second kappa shape index (κ2) is 8.01. The van der Waals surface area contributed by atoms with E-state index < -0.39 is 23.2 Å². The van der Waals surface area contributed by atoms with E-state index in [1.807, 2.05) is 0 Å². The van der Waals surface area contributed by atoms with Crippen molar-refractivity contribution in [2.24, 2.45) is 5.73 Å². The molecule has 5 N–H and O–H groups in total. The number of fused-ring (bicyclic) bond motifs is 1. The zero-order valence-electron chi connectivity index (χ0n) is 14.8. The molecule has 0 aliphatic rings. The van der Waals surface area contributed by atoms with E-state index in [0.29, 0.717) is 11.8 Å². The van der Waals surface area contributed by atoms with Crippen molar-refractivity contribution < 1.29 is 24.2 Å². The molecule has 1 heterocycles. The Morgan fingerprint density at radius 1 is 1.11 bits per heavy atom. The molecule has 3 aromatic rings. The SMILES string of the molecule is NCCNC(=O)c1cc(C(=O)O)c(O)c2ncc(Cc3ccc(F)cc3)cc12. The third-order valence-corrected chi connectivity index (χ3v) is 4.23. The van der Waals surface area contributed by atoms with Crippen LogP contribution in [-0.4, -0.2) is 40.2 Å². The maximum absolute atomic E-state index is 13.1. The van der Waals surface area contributed by atoms with Gasteiger partial charge in [-0.2, -0.15) is 0 Å². The first-order chi connectivity index (χ1) is 13.4. The number of carboxylic acid groups (broad SMARTS) is 1. The largest absolute Gasteiger partial charge is 0.505 e. The van der Waals surface area contributed by atoms with Crippen LogP contribution in [0.5, 0.6) is 5.75 Å². The number of hydrogen-bond acceptors (Lipinski definition) is 5. The fraction of sp³-hybridized carbons (Fsp3) is 0.150. The summed E-state index contributed by atoms with van der Waals surface area (Å²) in [7, 11) is 0. The molecule has 3 rings (SSSR count). The predicted molar refractivity (Wildman–Crippen MR) is 101 cm³/mol. The molecule has 0 aliphatic carbocycles. The summed E-state index contributed by atoms with van der Waals surface area (Å²) in [5.74, 6) is -2.74. The number of halogens is 1. The van der Waals surface area contributed by atoms with Gasteiger partial charge in [-0.1, -0.05) is 12.1 Å². The van der Waals surface area contributed by atoms with Crippen LogP contribution in [0.2, 0.25) is 0 Å². The number of benzene rings is 2. The van der Waals surface area contributed by atoms with Crippen LogP contribution in [0.4, 0.5) is 4.39 Å². The highest BCUT2D eigenvalue weighted by Gasteiger charge is 2.21. The number of amides is 1. The molecule has 0 radical (unpaired) electrons. The number of aromatic nitrogens is 1. The van der Waals surface area contributed by atoms with E-state index in [2.05, 4.69) is 10.3 Å². The lowest BCUT2D eigenvalue weighted by molar-refractivity contribution is 0.0694. The number of pyridine rings is 1. The van der Waals surface area contributed by atoms with Gasteiger partial charge in [-0.3, -0.25) is 9.78 Å². The Bertz CT molecular complexity index is 1050. The molecule has 28 heavy (non-hydrogen) atoms. The van der Waals surface area contributed by atoms with Gasteiger partial charge in [0.1, 0.15) is 16.9 Å². The number of aromatic carboxylic acids is 1. The Morgan fingerprint density at radius 3 is 2.46 bits per heavy atom. The molecule has 7 nitrogen and oxygen atoms in total. The van der Waals surface area contributed by atoms with Crippen LogP contribution in [0, 0.1) is 5.82 Å². The molecule has 0 saturated heterocycles. The summed E-state index contributed by atoms with van der Waals surface area (Å²) in [5, 5.41) is 22.5. The maximum Gasteiger partial charge on any atom is 0.339 e. The summed E-state index contributed by atoms with van der Waals surface area (Å²) < 4.78 is 13.1. The van der Waals surface area contributed by atoms with Crippen LogP contribution in [0.1, 0.15) is 31.8 Å². The second-order valence-electron chi connectivity index (χ2n) is 6.21. The summed E-state index contributed by atoms with van der Waals surface area (Å²) >= 11 is 0. The zero-order valence-corrected chi connectivity index (χ0v) is 14.8. The highest BCUT2D eigenvalue weighted by molar-refractivity contribution is 6.11. The lowest BCUT2D eigenvalue weighted by Crippen LogP contribution is -2.29. The third kappa shape index (κ3) is 3.91. The fourth-order valence-corrected chi connectivity index (χ4v) is 2.89. The zero-order chi connectivity index (χ0) is 20.3. The first-order valence-electron chi connectivity index (χ1n) is 8.51. The number of carbonyl (C=O) groups excluding carboxylic acids is 1. The van der Waals surface area contributed by atoms with Crippen molar-refractivity contribution in [1.29, 1.82) is 0 Å². The summed E-state index contributed by atoms with van der Waals surface area (Å²) in [6.45, 7) is 0.438. The molecule has 0 fully saturated rings. The Kier molecular flexibility index (Phi) is 5.51. The van der Waals surface area contributed by atoms with Crippen LogP contribution in [0.15, 0.2) is 42.6 Å². The van der Waals surface area contributed by atoms with Gasteiger partial charge in [0.15, 0.2) is 5.75 Å². The van der Waals surface area contributed by atoms with E-state index in [1.165, 1.54) is 18.3 Å². The first kappa shape index (κ1) is 19.2. The molecular weight excluding hydrogens is 365 g/mol. The quantitative estimate of drug-likeness (QED) is 0.516. The van der Waals surface area contributed by atoms with Crippen LogP contribution >= 0.6 is 0 Å². The van der Waals surface area contributed by atoms with Crippen molar-refractivity contribution in [1.82, 2.24) is 10.3 Å². The van der Waals surface area contributed by atoms with E-state index in [-0.39, 0.29) is 30.0 Å². The van der Waals surface area contributed by atoms with Crippen molar-refractivity contribution in [2.45, 2.75) is 6.42 Å². The van der Waals surface area contributed by atoms with E-state index >= 15 is 0 Å². The number of nitrogens with zero attached hydrogens (tertiary/aromatic N) is 1. The number of carbonyl (C=O) groups is 2. The molecule has 1 amide bonds. The lowest BCUT2D eigenvalue weighted by Gasteiger charge is -2.12. The number of aromatic hydroxyl groups is 1. The van der Waals surface area contributed by atoms with E-state index in [1.54, 1.807) is 18.2 Å². The van der Waals surface area contributed by atoms with Gasteiger partial charge in [-0.15, -0.1) is 0 Å². The standard InChI is InChI=1S/C20H18FN3O4/c21-13-3-1-11(2-4-13)7-12-8-14-15(19(26)23-6-5-22)9-16(20(27)28)18(25)17(14)24-10-12/h1-4,8-10,25H,5-7,22H2,(H,23,26)(H,27,28). The normalized spacial score (nSPS) is 10.8. The van der Waals surface area contributed by atoms with Crippen LogP contribution in [0.3, 0.4) is 0 Å². The number of carboxylic acids is 1. The van der Waals surface area contributed by atoms with Crippen molar-refractivity contribution in [2.75, 3.05) is 13.1 Å². The van der Waals surface area contributed by atoms with Crippen molar-refractivity contribution >= 4 is 22.8 Å². The third-order valence-electron chi connectivity index (χ3n) is 4.23. The van der Waals surface area contributed by atoms with Crippen molar-refractivity contribution in [3.63, 3.8) is 0 Å². The smallest absolute Gasteiger partial charge is 0.339 e. The second-order valence-corrected chi connectivity index (χ2v) is 6.21. The monoisotopic (exact) mass is 383 g/mol. The highest BCUT2D eigenvalue weighted by Crippen LogP contribution is 2.31. The topological polar surface area (TPSA) is 126 Å². The molecule has 2 aromatic carbocycles. The number of phenols is 1. The predicted octanol–water partition coefficient (Wildman–Crippen LogP) is 2.06. The Morgan fingerprint density at radius 2 is 1.82 bits per heavy atom. The summed E-state index contributed by atoms with van der Waals surface area (Å²) in [5.41, 5.74) is 6.63. The van der Waals surface area contributed by atoms with E-state index in [9.17, 15) is 24.2 Å².